The van der Waals surface area contributed by atoms with Gasteiger partial charge in [0.15, 0.2) is 0 Å². The van der Waals surface area contributed by atoms with Crippen molar-refractivity contribution >= 4 is 0 Å². The molecule has 0 aromatic rings. The average molecular weight is 286 g/mol. The van der Waals surface area contributed by atoms with Crippen molar-refractivity contribution in [2.45, 2.75) is 37.8 Å². The molecule has 0 aromatic heterocycles. The molecular formula is C6H5F11. The quantitative estimate of drug-likeness (QED) is 0.662. The van der Waals surface area contributed by atoms with E-state index >= 15 is 0 Å². The van der Waals surface area contributed by atoms with Gasteiger partial charge in [-0.15, -0.1) is 0 Å². The Bertz CT molecular complexity index is 189. The van der Waals surface area contributed by atoms with Gasteiger partial charge in [-0.1, -0.05) is 0 Å². The van der Waals surface area contributed by atoms with Gasteiger partial charge >= 0.3 is 12.4 Å². The number of hydrogen-bond acceptors (Lipinski definition) is 0. The van der Waals surface area contributed by atoms with Crippen molar-refractivity contribution in [3.8, 4) is 0 Å². The zero-order valence-corrected chi connectivity index (χ0v) is 7.60. The minimum Gasteiger partial charge on any atom is -0.231 e. The van der Waals surface area contributed by atoms with Gasteiger partial charge in [-0.2, -0.15) is 26.3 Å². The van der Waals surface area contributed by atoms with Crippen LogP contribution in [-0.2, 0) is 0 Å². The summed E-state index contributed by atoms with van der Waals surface area (Å²) in [6, 6.07) is 0. The molecular weight excluding hydrogens is 281 g/mol. The maximum absolute atomic E-state index is 11.2. The third kappa shape index (κ3) is 13.2. The van der Waals surface area contributed by atoms with E-state index in [-0.39, 0.29) is 0 Å². The molecule has 0 bridgehead atoms. The molecule has 1 atom stereocenters. The first kappa shape index (κ1) is 18.6. The lowest BCUT2D eigenvalue weighted by Gasteiger charge is -2.09. The Morgan fingerprint density at radius 2 is 1.06 bits per heavy atom. The molecule has 0 amide bonds. The number of halogens is 11. The summed E-state index contributed by atoms with van der Waals surface area (Å²) in [4.78, 5) is 0. The highest BCUT2D eigenvalue weighted by Gasteiger charge is 2.46. The highest BCUT2D eigenvalue weighted by molar-refractivity contribution is 4.67. The maximum atomic E-state index is 11.2. The van der Waals surface area contributed by atoms with Crippen molar-refractivity contribution in [3.63, 3.8) is 0 Å². The molecule has 0 fully saturated rings. The summed E-state index contributed by atoms with van der Waals surface area (Å²) < 4.78 is 119. The van der Waals surface area contributed by atoms with Crippen molar-refractivity contribution in [1.82, 2.24) is 0 Å². The van der Waals surface area contributed by atoms with E-state index in [0.29, 0.717) is 0 Å². The second-order valence-corrected chi connectivity index (χ2v) is 2.49. The standard InChI is InChI=1S/C3H2F6.C3H3F5/c4-1(2(5)6)3(7,8)9;4-2(5)1-3(6,7)8/h1-2H;2H,1H2. The monoisotopic (exact) mass is 286 g/mol. The Labute approximate surface area is 87.4 Å². The van der Waals surface area contributed by atoms with E-state index in [2.05, 4.69) is 0 Å². The topological polar surface area (TPSA) is 0 Å². The van der Waals surface area contributed by atoms with Crippen LogP contribution in [0.2, 0.25) is 0 Å². The lowest BCUT2D eigenvalue weighted by Crippen LogP contribution is -2.30. The largest absolute Gasteiger partial charge is 0.425 e. The van der Waals surface area contributed by atoms with Gasteiger partial charge in [0.05, 0.1) is 0 Å². The van der Waals surface area contributed by atoms with Crippen LogP contribution in [0.4, 0.5) is 48.3 Å². The first-order chi connectivity index (χ1) is 7.27. The third-order valence-electron chi connectivity index (χ3n) is 0.920. The maximum Gasteiger partial charge on any atom is 0.425 e. The van der Waals surface area contributed by atoms with Crippen LogP contribution in [0, 0.1) is 0 Å². The fourth-order valence-electron chi connectivity index (χ4n) is 0.318. The molecule has 106 valence electrons. The van der Waals surface area contributed by atoms with E-state index in [9.17, 15) is 48.3 Å². The zero-order chi connectivity index (χ0) is 14.4. The van der Waals surface area contributed by atoms with Gasteiger partial charge in [-0.25, -0.2) is 22.0 Å². The van der Waals surface area contributed by atoms with Crippen LogP contribution in [0.15, 0.2) is 0 Å². The van der Waals surface area contributed by atoms with E-state index in [1.165, 1.54) is 0 Å². The van der Waals surface area contributed by atoms with Crippen LogP contribution in [0.3, 0.4) is 0 Å². The number of rotatable bonds is 2. The first-order valence-electron chi connectivity index (χ1n) is 3.61. The van der Waals surface area contributed by atoms with Gasteiger partial charge in [0.25, 0.3) is 12.6 Å². The SMILES string of the molecule is FC(F)C(F)C(F)(F)F.FC(F)CC(F)(F)F. The fraction of sp³-hybridized carbons (Fsp3) is 1.00. The predicted octanol–water partition coefficient (Wildman–Crippen LogP) is 4.36. The molecule has 0 aliphatic carbocycles. The molecule has 0 saturated heterocycles. The van der Waals surface area contributed by atoms with Gasteiger partial charge in [0.2, 0.25) is 6.43 Å². The molecule has 0 radical (unpaired) electrons. The van der Waals surface area contributed by atoms with Crippen LogP contribution >= 0.6 is 0 Å². The molecule has 11 heteroatoms. The van der Waals surface area contributed by atoms with Crippen LogP contribution in [-0.4, -0.2) is 31.4 Å². The molecule has 0 rings (SSSR count). The van der Waals surface area contributed by atoms with E-state index in [4.69, 9.17) is 0 Å². The van der Waals surface area contributed by atoms with Gasteiger partial charge < -0.3 is 0 Å². The van der Waals surface area contributed by atoms with Crippen LogP contribution in [0.5, 0.6) is 0 Å². The molecule has 0 aliphatic heterocycles. The lowest BCUT2D eigenvalue weighted by molar-refractivity contribution is -0.211. The summed E-state index contributed by atoms with van der Waals surface area (Å²) in [5.74, 6) is 0. The summed E-state index contributed by atoms with van der Waals surface area (Å²) in [6.45, 7) is 0. The van der Waals surface area contributed by atoms with Crippen molar-refractivity contribution in [2.75, 3.05) is 0 Å². The second kappa shape index (κ2) is 6.84. The molecule has 1 unspecified atom stereocenters. The second-order valence-electron chi connectivity index (χ2n) is 2.49. The summed E-state index contributed by atoms with van der Waals surface area (Å²) in [5.41, 5.74) is 0. The van der Waals surface area contributed by atoms with Gasteiger partial charge in [0.1, 0.15) is 6.42 Å². The highest BCUT2D eigenvalue weighted by Crippen LogP contribution is 2.27. The van der Waals surface area contributed by atoms with Crippen molar-refractivity contribution < 1.29 is 48.3 Å². The minimum atomic E-state index is -5.44. The molecule has 0 heterocycles. The fourth-order valence-corrected chi connectivity index (χ4v) is 0.318. The van der Waals surface area contributed by atoms with E-state index in [1.54, 1.807) is 0 Å². The minimum absolute atomic E-state index is 2.01. The summed E-state index contributed by atoms with van der Waals surface area (Å²) >= 11 is 0. The van der Waals surface area contributed by atoms with Gasteiger partial charge in [-0.05, 0) is 0 Å². The van der Waals surface area contributed by atoms with Crippen molar-refractivity contribution in [2.24, 2.45) is 0 Å². The Balaban J connectivity index is 0. The normalized spacial score (nSPS) is 14.6. The lowest BCUT2D eigenvalue weighted by atomic mass is 10.4. The van der Waals surface area contributed by atoms with Crippen LogP contribution in [0.25, 0.3) is 0 Å². The Morgan fingerprint density at radius 3 is 1.06 bits per heavy atom. The average Bonchev–Trinajstić information content (AvgIpc) is 1.96. The molecule has 17 heavy (non-hydrogen) atoms. The van der Waals surface area contributed by atoms with Gasteiger partial charge in [0, 0.05) is 0 Å². The number of hydrogen-bond donors (Lipinski definition) is 0. The molecule has 0 N–H and O–H groups in total. The molecule has 0 aromatic carbocycles. The third-order valence-corrected chi connectivity index (χ3v) is 0.920. The Kier molecular flexibility index (Phi) is 7.48. The summed E-state index contributed by atoms with van der Waals surface area (Å²) in [7, 11) is 0. The van der Waals surface area contributed by atoms with Gasteiger partial charge in [-0.3, -0.25) is 0 Å². The molecule has 0 spiro atoms. The van der Waals surface area contributed by atoms with Crippen LogP contribution in [0.1, 0.15) is 6.42 Å². The summed E-state index contributed by atoms with van der Waals surface area (Å²) in [5, 5.41) is 0. The molecule has 0 aliphatic rings. The van der Waals surface area contributed by atoms with Crippen LogP contribution < -0.4 is 0 Å². The van der Waals surface area contributed by atoms with Crippen molar-refractivity contribution in [1.29, 1.82) is 0 Å². The van der Waals surface area contributed by atoms with E-state index < -0.39 is 37.8 Å². The smallest absolute Gasteiger partial charge is 0.231 e. The van der Waals surface area contributed by atoms with E-state index in [0.717, 1.165) is 0 Å². The summed E-state index contributed by atoms with van der Waals surface area (Å²) in [6.07, 6.45) is -23.5. The predicted molar refractivity (Wildman–Crippen MR) is 33.6 cm³/mol. The highest BCUT2D eigenvalue weighted by atomic mass is 19.4. The zero-order valence-electron chi connectivity index (χ0n) is 7.60. The van der Waals surface area contributed by atoms with E-state index in [1.807, 2.05) is 0 Å². The Morgan fingerprint density at radius 1 is 0.706 bits per heavy atom. The Hall–Kier alpha value is -0.770. The number of alkyl halides is 11. The van der Waals surface area contributed by atoms with Crippen molar-refractivity contribution in [3.05, 3.63) is 0 Å². The first-order valence-corrected chi connectivity index (χ1v) is 3.61. The molecule has 0 saturated carbocycles. The molecule has 0 nitrogen and oxygen atoms in total.